The average molecular weight is 289 g/mol. The van der Waals surface area contributed by atoms with E-state index in [1.165, 1.54) is 10.5 Å². The van der Waals surface area contributed by atoms with Crippen LogP contribution in [0.25, 0.3) is 0 Å². The Labute approximate surface area is 125 Å². The van der Waals surface area contributed by atoms with Crippen molar-refractivity contribution in [2.45, 2.75) is 37.8 Å². The van der Waals surface area contributed by atoms with Gasteiger partial charge in [-0.2, -0.15) is 0 Å². The highest BCUT2D eigenvalue weighted by Crippen LogP contribution is 2.24. The van der Waals surface area contributed by atoms with Gasteiger partial charge in [0, 0.05) is 29.6 Å². The van der Waals surface area contributed by atoms with Gasteiger partial charge in [-0.25, -0.2) is 4.98 Å². The third kappa shape index (κ3) is 3.87. The third-order valence-electron chi connectivity index (χ3n) is 3.31. The standard InChI is InChI=1S/C16H23N3S/c1-4-10-19-11-9-18-16(19)15(17-3)12-20-14-7-5-13(2)6-8-14/h5-9,11,15,17H,4,10,12H2,1-3H3. The maximum absolute atomic E-state index is 4.52. The number of rotatable bonds is 7. The van der Waals surface area contributed by atoms with Crippen molar-refractivity contribution in [3.63, 3.8) is 0 Å². The summed E-state index contributed by atoms with van der Waals surface area (Å²) in [6, 6.07) is 8.97. The molecule has 1 unspecified atom stereocenters. The van der Waals surface area contributed by atoms with Gasteiger partial charge in [0.15, 0.2) is 0 Å². The molecule has 3 nitrogen and oxygen atoms in total. The van der Waals surface area contributed by atoms with Crippen molar-refractivity contribution in [1.29, 1.82) is 0 Å². The van der Waals surface area contributed by atoms with Crippen LogP contribution in [0, 0.1) is 6.92 Å². The number of nitrogens with zero attached hydrogens (tertiary/aromatic N) is 2. The van der Waals surface area contributed by atoms with Crippen LogP contribution in [0.3, 0.4) is 0 Å². The minimum Gasteiger partial charge on any atom is -0.334 e. The lowest BCUT2D eigenvalue weighted by Crippen LogP contribution is -2.23. The minimum atomic E-state index is 0.280. The molecule has 0 aliphatic carbocycles. The van der Waals surface area contributed by atoms with Crippen molar-refractivity contribution < 1.29 is 0 Å². The summed E-state index contributed by atoms with van der Waals surface area (Å²) < 4.78 is 2.25. The Morgan fingerprint density at radius 3 is 2.70 bits per heavy atom. The molecular weight excluding hydrogens is 266 g/mol. The van der Waals surface area contributed by atoms with Gasteiger partial charge in [-0.1, -0.05) is 24.6 Å². The molecule has 1 atom stereocenters. The molecular formula is C16H23N3S. The number of imidazole rings is 1. The van der Waals surface area contributed by atoms with Gasteiger partial charge < -0.3 is 9.88 Å². The Hall–Kier alpha value is -1.26. The van der Waals surface area contributed by atoms with Crippen LogP contribution in [0.4, 0.5) is 0 Å². The van der Waals surface area contributed by atoms with Gasteiger partial charge in [0.2, 0.25) is 0 Å². The monoisotopic (exact) mass is 289 g/mol. The normalized spacial score (nSPS) is 12.6. The van der Waals surface area contributed by atoms with Crippen molar-refractivity contribution in [2.24, 2.45) is 0 Å². The number of aryl methyl sites for hydroxylation is 2. The molecule has 1 aromatic heterocycles. The van der Waals surface area contributed by atoms with E-state index in [1.54, 1.807) is 0 Å². The summed E-state index contributed by atoms with van der Waals surface area (Å²) in [4.78, 5) is 5.83. The first kappa shape index (κ1) is 15.1. The molecule has 1 aromatic carbocycles. The fourth-order valence-electron chi connectivity index (χ4n) is 2.16. The molecule has 108 valence electrons. The van der Waals surface area contributed by atoms with Crippen molar-refractivity contribution in [3.8, 4) is 0 Å². The summed E-state index contributed by atoms with van der Waals surface area (Å²) in [5.41, 5.74) is 1.30. The Bertz CT molecular complexity index is 519. The van der Waals surface area contributed by atoms with Crippen molar-refractivity contribution in [1.82, 2.24) is 14.9 Å². The molecule has 0 amide bonds. The summed E-state index contributed by atoms with van der Waals surface area (Å²) in [6.45, 7) is 5.34. The second-order valence-electron chi connectivity index (χ2n) is 4.94. The Kier molecular flexibility index (Phi) is 5.68. The summed E-state index contributed by atoms with van der Waals surface area (Å²) in [5, 5.41) is 3.38. The molecule has 2 rings (SSSR count). The first-order valence-corrected chi connectivity index (χ1v) is 8.11. The largest absolute Gasteiger partial charge is 0.334 e. The fraction of sp³-hybridized carbons (Fsp3) is 0.438. The maximum Gasteiger partial charge on any atom is 0.126 e. The fourth-order valence-corrected chi connectivity index (χ4v) is 3.17. The molecule has 0 aliphatic rings. The molecule has 0 radical (unpaired) electrons. The SMILES string of the molecule is CCCn1ccnc1C(CSc1ccc(C)cc1)NC. The average Bonchev–Trinajstić information content (AvgIpc) is 2.90. The highest BCUT2D eigenvalue weighted by atomic mass is 32.2. The smallest absolute Gasteiger partial charge is 0.126 e. The minimum absolute atomic E-state index is 0.280. The van der Waals surface area contributed by atoms with E-state index in [-0.39, 0.29) is 6.04 Å². The van der Waals surface area contributed by atoms with Gasteiger partial charge in [0.1, 0.15) is 5.82 Å². The number of thioether (sulfide) groups is 1. The predicted octanol–water partition coefficient (Wildman–Crippen LogP) is 3.65. The zero-order valence-corrected chi connectivity index (χ0v) is 13.3. The topological polar surface area (TPSA) is 29.9 Å². The molecule has 0 saturated carbocycles. The quantitative estimate of drug-likeness (QED) is 0.789. The first-order valence-electron chi connectivity index (χ1n) is 7.12. The maximum atomic E-state index is 4.52. The van der Waals surface area contributed by atoms with E-state index in [2.05, 4.69) is 59.2 Å². The molecule has 1 N–H and O–H groups in total. The lowest BCUT2D eigenvalue weighted by atomic mass is 10.2. The van der Waals surface area contributed by atoms with Crippen LogP contribution in [0.1, 0.15) is 30.8 Å². The molecule has 0 aliphatic heterocycles. The molecule has 1 heterocycles. The van der Waals surface area contributed by atoms with E-state index in [0.29, 0.717) is 0 Å². The van der Waals surface area contributed by atoms with E-state index in [0.717, 1.165) is 24.5 Å². The Balaban J connectivity index is 2.01. The lowest BCUT2D eigenvalue weighted by Gasteiger charge is -2.17. The number of hydrogen-bond acceptors (Lipinski definition) is 3. The third-order valence-corrected chi connectivity index (χ3v) is 4.42. The van der Waals surface area contributed by atoms with Gasteiger partial charge in [0.05, 0.1) is 6.04 Å². The summed E-state index contributed by atoms with van der Waals surface area (Å²) in [7, 11) is 2.01. The number of benzene rings is 1. The van der Waals surface area contributed by atoms with E-state index in [9.17, 15) is 0 Å². The summed E-state index contributed by atoms with van der Waals surface area (Å²) >= 11 is 1.87. The van der Waals surface area contributed by atoms with Crippen molar-refractivity contribution >= 4 is 11.8 Å². The van der Waals surface area contributed by atoms with Gasteiger partial charge in [-0.3, -0.25) is 0 Å². The van der Waals surface area contributed by atoms with E-state index >= 15 is 0 Å². The molecule has 20 heavy (non-hydrogen) atoms. The number of hydrogen-bond donors (Lipinski definition) is 1. The van der Waals surface area contributed by atoms with Crippen LogP contribution >= 0.6 is 11.8 Å². The lowest BCUT2D eigenvalue weighted by molar-refractivity contribution is 0.552. The highest BCUT2D eigenvalue weighted by molar-refractivity contribution is 7.99. The van der Waals surface area contributed by atoms with Crippen LogP contribution in [-0.2, 0) is 6.54 Å². The van der Waals surface area contributed by atoms with Gasteiger partial charge in [0.25, 0.3) is 0 Å². The van der Waals surface area contributed by atoms with Crippen LogP contribution < -0.4 is 5.32 Å². The second-order valence-corrected chi connectivity index (χ2v) is 6.04. The van der Waals surface area contributed by atoms with E-state index in [1.807, 2.05) is 25.0 Å². The van der Waals surface area contributed by atoms with E-state index < -0.39 is 0 Å². The van der Waals surface area contributed by atoms with Gasteiger partial charge >= 0.3 is 0 Å². The number of aromatic nitrogens is 2. The Morgan fingerprint density at radius 1 is 1.30 bits per heavy atom. The molecule has 0 bridgehead atoms. The second kappa shape index (κ2) is 7.50. The molecule has 0 fully saturated rings. The highest BCUT2D eigenvalue weighted by Gasteiger charge is 2.15. The van der Waals surface area contributed by atoms with Crippen molar-refractivity contribution in [3.05, 3.63) is 48.0 Å². The molecule has 0 saturated heterocycles. The van der Waals surface area contributed by atoms with Crippen LogP contribution in [0.5, 0.6) is 0 Å². The van der Waals surface area contributed by atoms with Gasteiger partial charge in [-0.15, -0.1) is 11.8 Å². The molecule has 4 heteroatoms. The molecule has 0 spiro atoms. The van der Waals surface area contributed by atoms with Crippen LogP contribution in [0.2, 0.25) is 0 Å². The van der Waals surface area contributed by atoms with Crippen LogP contribution in [-0.4, -0.2) is 22.4 Å². The van der Waals surface area contributed by atoms with Crippen LogP contribution in [0.15, 0.2) is 41.6 Å². The van der Waals surface area contributed by atoms with Crippen molar-refractivity contribution in [2.75, 3.05) is 12.8 Å². The van der Waals surface area contributed by atoms with E-state index in [4.69, 9.17) is 0 Å². The zero-order chi connectivity index (χ0) is 14.4. The first-order chi connectivity index (χ1) is 9.74. The summed E-state index contributed by atoms with van der Waals surface area (Å²) in [6.07, 6.45) is 5.09. The predicted molar refractivity (Wildman–Crippen MR) is 86.2 cm³/mol. The van der Waals surface area contributed by atoms with Gasteiger partial charge in [-0.05, 0) is 32.5 Å². The number of nitrogens with one attached hydrogen (secondary N) is 1. The Morgan fingerprint density at radius 2 is 2.05 bits per heavy atom. The molecule has 2 aromatic rings. The zero-order valence-electron chi connectivity index (χ0n) is 12.5. The summed E-state index contributed by atoms with van der Waals surface area (Å²) in [5.74, 6) is 2.12.